The number of hydrogen-bond acceptors (Lipinski definition) is 2. The summed E-state index contributed by atoms with van der Waals surface area (Å²) in [7, 11) is 8.66. The fraction of sp³-hybridized carbons (Fsp3) is 0.750. The van der Waals surface area contributed by atoms with Gasteiger partial charge in [-0.1, -0.05) is 31.3 Å². The summed E-state index contributed by atoms with van der Waals surface area (Å²) in [6, 6.07) is 0. The lowest BCUT2D eigenvalue weighted by Crippen LogP contribution is -2.26. The maximum Gasteiger partial charge on any atom is 0.311 e. The third kappa shape index (κ3) is 5.43. The van der Waals surface area contributed by atoms with Crippen LogP contribution in [-0.4, -0.2) is 28.0 Å². The predicted molar refractivity (Wildman–Crippen MR) is 69.7 cm³/mol. The Hall–Kier alpha value is -0.660. The van der Waals surface area contributed by atoms with Gasteiger partial charge in [-0.2, -0.15) is 0 Å². The molecule has 0 saturated carbocycles. The largest absolute Gasteiger partial charge is 0.469 e. The maximum absolute atomic E-state index is 11.5. The molecule has 0 rings (SSSR count). The van der Waals surface area contributed by atoms with Crippen LogP contribution in [0.1, 0.15) is 40.0 Å². The van der Waals surface area contributed by atoms with E-state index in [4.69, 9.17) is 12.5 Å². The zero-order valence-corrected chi connectivity index (χ0v) is 10.8. The summed E-state index contributed by atoms with van der Waals surface area (Å²) in [4.78, 5) is 11.5. The Bertz CT molecular complexity index is 237. The normalized spacial score (nSPS) is 13.8. The Morgan fingerprint density at radius 3 is 2.62 bits per heavy atom. The molecule has 3 radical (unpaired) electrons. The van der Waals surface area contributed by atoms with Crippen LogP contribution >= 0.6 is 0 Å². The van der Waals surface area contributed by atoms with Crippen molar-refractivity contribution in [1.29, 1.82) is 0 Å². The average molecular weight is 219 g/mol. The summed E-state index contributed by atoms with van der Waals surface area (Å²) in [5, 5.41) is 0. The Kier molecular flexibility index (Phi) is 7.27. The number of methoxy groups -OCH3 is 1. The van der Waals surface area contributed by atoms with Crippen LogP contribution < -0.4 is 0 Å². The minimum absolute atomic E-state index is 0.164. The summed E-state index contributed by atoms with van der Waals surface area (Å²) >= 11 is 0. The van der Waals surface area contributed by atoms with Crippen molar-refractivity contribution in [2.45, 2.75) is 45.9 Å². The van der Waals surface area contributed by atoms with Crippen molar-refractivity contribution in [2.75, 3.05) is 7.11 Å². The molecule has 0 aromatic rings. The second kappa shape index (κ2) is 7.59. The topological polar surface area (TPSA) is 26.3 Å². The number of esters is 1. The van der Waals surface area contributed by atoms with Crippen molar-refractivity contribution >= 4 is 20.9 Å². The summed E-state index contributed by atoms with van der Waals surface area (Å²) in [5.41, 5.74) is -0.434. The van der Waals surface area contributed by atoms with Crippen LogP contribution in [0.25, 0.3) is 0 Å². The van der Waals surface area contributed by atoms with Crippen LogP contribution in [0.2, 0.25) is 5.82 Å². The van der Waals surface area contributed by atoms with E-state index in [-0.39, 0.29) is 11.8 Å². The standard InChI is InChI=1S/C12H21B2O2/c1-5-6-7-10(14-13)8-9-12(2,3)11(15)16-4/h6-7,10H,5,8-9H2,1-4H3/b7-6+/t10-/m0/s1. The number of hydrogen-bond donors (Lipinski definition) is 0. The summed E-state index contributed by atoms with van der Waals surface area (Å²) in [6.45, 7) is 5.88. The lowest BCUT2D eigenvalue weighted by molar-refractivity contribution is -0.151. The molecule has 0 bridgehead atoms. The van der Waals surface area contributed by atoms with Crippen LogP contribution in [0.15, 0.2) is 12.2 Å². The number of allylic oxidation sites excluding steroid dienone is 2. The smallest absolute Gasteiger partial charge is 0.311 e. The maximum atomic E-state index is 11.5. The number of ether oxygens (including phenoxy) is 1. The minimum Gasteiger partial charge on any atom is -0.469 e. The monoisotopic (exact) mass is 219 g/mol. The molecule has 0 aromatic carbocycles. The van der Waals surface area contributed by atoms with Gasteiger partial charge in [-0.15, -0.1) is 0 Å². The molecule has 0 N–H and O–H groups in total. The zero-order valence-electron chi connectivity index (χ0n) is 10.8. The first-order valence-electron chi connectivity index (χ1n) is 5.78. The molecule has 2 nitrogen and oxygen atoms in total. The van der Waals surface area contributed by atoms with Gasteiger partial charge < -0.3 is 4.74 Å². The molecule has 0 unspecified atom stereocenters. The van der Waals surface area contributed by atoms with Crippen molar-refractivity contribution in [3.05, 3.63) is 12.2 Å². The molecule has 0 amide bonds. The van der Waals surface area contributed by atoms with Crippen molar-refractivity contribution in [2.24, 2.45) is 5.41 Å². The second-order valence-corrected chi connectivity index (χ2v) is 4.61. The van der Waals surface area contributed by atoms with E-state index in [1.54, 1.807) is 7.17 Å². The van der Waals surface area contributed by atoms with Crippen LogP contribution in [0.5, 0.6) is 0 Å². The molecule has 0 saturated heterocycles. The lowest BCUT2D eigenvalue weighted by atomic mass is 9.46. The Morgan fingerprint density at radius 1 is 1.56 bits per heavy atom. The van der Waals surface area contributed by atoms with Crippen LogP contribution in [-0.2, 0) is 9.53 Å². The third-order valence-electron chi connectivity index (χ3n) is 2.71. The SMILES string of the molecule is [B][B][C@@H](/C=C/CC)CCC(C)(C)C(=O)OC. The fourth-order valence-corrected chi connectivity index (χ4v) is 1.47. The van der Waals surface area contributed by atoms with E-state index in [1.807, 2.05) is 13.8 Å². The highest BCUT2D eigenvalue weighted by atomic mass is 16.5. The molecule has 0 aliphatic heterocycles. The van der Waals surface area contributed by atoms with Gasteiger partial charge in [0.05, 0.1) is 19.7 Å². The number of carbonyl (C=O) groups is 1. The first-order chi connectivity index (χ1) is 7.47. The predicted octanol–water partition coefficient (Wildman–Crippen LogP) is 2.51. The third-order valence-corrected chi connectivity index (χ3v) is 2.71. The highest BCUT2D eigenvalue weighted by Crippen LogP contribution is 2.28. The Balaban J connectivity index is 4.19. The first kappa shape index (κ1) is 15.3. The zero-order chi connectivity index (χ0) is 12.6. The molecule has 0 aliphatic carbocycles. The summed E-state index contributed by atoms with van der Waals surface area (Å²) < 4.78 is 4.76. The first-order valence-corrected chi connectivity index (χ1v) is 5.78. The average Bonchev–Trinajstić information content (AvgIpc) is 2.28. The second-order valence-electron chi connectivity index (χ2n) is 4.61. The minimum atomic E-state index is -0.434. The van der Waals surface area contributed by atoms with Crippen LogP contribution in [0.4, 0.5) is 0 Å². The number of rotatable bonds is 7. The van der Waals surface area contributed by atoms with Crippen molar-refractivity contribution in [3.63, 3.8) is 0 Å². The van der Waals surface area contributed by atoms with Gasteiger partial charge in [0.15, 0.2) is 0 Å². The Labute approximate surface area is 101 Å². The van der Waals surface area contributed by atoms with E-state index in [1.165, 1.54) is 7.11 Å². The van der Waals surface area contributed by atoms with Gasteiger partial charge in [0.25, 0.3) is 0 Å². The van der Waals surface area contributed by atoms with E-state index in [0.29, 0.717) is 0 Å². The van der Waals surface area contributed by atoms with E-state index in [9.17, 15) is 4.79 Å². The van der Waals surface area contributed by atoms with E-state index in [0.717, 1.165) is 19.3 Å². The van der Waals surface area contributed by atoms with Gasteiger partial charge in [0.1, 0.15) is 0 Å². The van der Waals surface area contributed by atoms with E-state index >= 15 is 0 Å². The van der Waals surface area contributed by atoms with Crippen LogP contribution in [0.3, 0.4) is 0 Å². The molecule has 0 aliphatic rings. The molecule has 1 atom stereocenters. The van der Waals surface area contributed by atoms with Gasteiger partial charge >= 0.3 is 5.97 Å². The highest BCUT2D eigenvalue weighted by molar-refractivity contribution is 6.90. The van der Waals surface area contributed by atoms with Crippen molar-refractivity contribution in [3.8, 4) is 0 Å². The lowest BCUT2D eigenvalue weighted by Gasteiger charge is -2.23. The molecule has 4 heteroatoms. The molecular weight excluding hydrogens is 198 g/mol. The molecular formula is C12H21B2O2. The molecule has 0 aromatic heterocycles. The Morgan fingerprint density at radius 2 is 2.19 bits per heavy atom. The van der Waals surface area contributed by atoms with Gasteiger partial charge in [-0.25, -0.2) is 0 Å². The summed E-state index contributed by atoms with van der Waals surface area (Å²) in [5.74, 6) is 0.0756. The van der Waals surface area contributed by atoms with E-state index < -0.39 is 5.41 Å². The van der Waals surface area contributed by atoms with Gasteiger partial charge in [-0.05, 0) is 26.7 Å². The van der Waals surface area contributed by atoms with Crippen molar-refractivity contribution < 1.29 is 9.53 Å². The quantitative estimate of drug-likeness (QED) is 0.373. The molecule has 0 spiro atoms. The molecule has 0 heterocycles. The summed E-state index contributed by atoms with van der Waals surface area (Å²) in [6.07, 6.45) is 6.83. The number of carbonyl (C=O) groups excluding carboxylic acids is 1. The van der Waals surface area contributed by atoms with Gasteiger partial charge in [-0.3, -0.25) is 4.79 Å². The fourth-order valence-electron chi connectivity index (χ4n) is 1.47. The highest BCUT2D eigenvalue weighted by Gasteiger charge is 2.28. The van der Waals surface area contributed by atoms with Crippen LogP contribution in [0, 0.1) is 5.41 Å². The van der Waals surface area contributed by atoms with Gasteiger partial charge in [0.2, 0.25) is 0 Å². The molecule has 0 fully saturated rings. The molecule has 87 valence electrons. The van der Waals surface area contributed by atoms with Gasteiger partial charge in [0, 0.05) is 7.74 Å². The van der Waals surface area contributed by atoms with Crippen molar-refractivity contribution in [1.82, 2.24) is 0 Å². The molecule has 16 heavy (non-hydrogen) atoms. The van der Waals surface area contributed by atoms with E-state index in [2.05, 4.69) is 19.1 Å².